The smallest absolute Gasteiger partial charge is 0.338 e. The Morgan fingerprint density at radius 3 is 2.48 bits per heavy atom. The topological polar surface area (TPSA) is 41.9 Å². The molecule has 142 valence electrons. The monoisotopic (exact) mass is 364 g/mol. The Kier molecular flexibility index (Phi) is 5.94. The van der Waals surface area contributed by atoms with E-state index in [4.69, 9.17) is 9.73 Å². The van der Waals surface area contributed by atoms with Gasteiger partial charge in [-0.1, -0.05) is 29.8 Å². The number of carbonyl (C=O) groups is 1. The number of carbonyl (C=O) groups excluding carboxylic acids is 1. The van der Waals surface area contributed by atoms with Gasteiger partial charge in [0.1, 0.15) is 12.4 Å². The van der Waals surface area contributed by atoms with E-state index in [9.17, 15) is 4.79 Å². The van der Waals surface area contributed by atoms with Crippen molar-refractivity contribution in [1.82, 2.24) is 4.90 Å². The number of ether oxygens (including phenoxy) is 1. The third kappa shape index (κ3) is 4.57. The predicted molar refractivity (Wildman–Crippen MR) is 110 cm³/mol. The molecule has 3 rings (SSSR count). The summed E-state index contributed by atoms with van der Waals surface area (Å²) in [5.41, 5.74) is 5.70. The molecule has 0 unspecified atom stereocenters. The van der Waals surface area contributed by atoms with E-state index in [1.54, 1.807) is 0 Å². The molecular formula is C23H28N2O2. The van der Waals surface area contributed by atoms with E-state index in [-0.39, 0.29) is 12.6 Å². The summed E-state index contributed by atoms with van der Waals surface area (Å²) < 4.78 is 5.51. The molecule has 1 heterocycles. The number of hydrogen-bond acceptors (Lipinski definition) is 3. The third-order valence-electron chi connectivity index (χ3n) is 5.30. The molecule has 1 aliphatic heterocycles. The third-order valence-corrected chi connectivity index (χ3v) is 5.30. The first kappa shape index (κ1) is 19.2. The van der Waals surface area contributed by atoms with E-state index in [1.807, 2.05) is 57.2 Å². The van der Waals surface area contributed by atoms with Crippen LogP contribution >= 0.6 is 0 Å². The minimum absolute atomic E-state index is 0.284. The molecule has 2 aromatic rings. The lowest BCUT2D eigenvalue weighted by Crippen LogP contribution is -2.31. The molecule has 4 heteroatoms. The van der Waals surface area contributed by atoms with Crippen molar-refractivity contribution in [2.45, 2.75) is 46.6 Å². The summed E-state index contributed by atoms with van der Waals surface area (Å²) in [5.74, 6) is 0.837. The van der Waals surface area contributed by atoms with Crippen LogP contribution in [0.1, 0.15) is 51.9 Å². The normalized spacial score (nSPS) is 15.9. The molecule has 27 heavy (non-hydrogen) atoms. The van der Waals surface area contributed by atoms with Gasteiger partial charge >= 0.3 is 5.97 Å². The van der Waals surface area contributed by atoms with Crippen molar-refractivity contribution < 1.29 is 9.53 Å². The van der Waals surface area contributed by atoms with Gasteiger partial charge in [-0.25, -0.2) is 9.79 Å². The van der Waals surface area contributed by atoms with E-state index in [0.29, 0.717) is 5.56 Å². The molecule has 0 spiro atoms. The van der Waals surface area contributed by atoms with Crippen molar-refractivity contribution in [1.29, 1.82) is 0 Å². The summed E-state index contributed by atoms with van der Waals surface area (Å²) in [6.07, 6.45) is 3.42. The lowest BCUT2D eigenvalue weighted by atomic mass is 10.0. The zero-order valence-electron chi connectivity index (χ0n) is 16.7. The van der Waals surface area contributed by atoms with Crippen molar-refractivity contribution in [3.63, 3.8) is 0 Å². The Balaban J connectivity index is 1.74. The van der Waals surface area contributed by atoms with Gasteiger partial charge in [-0.2, -0.15) is 0 Å². The van der Waals surface area contributed by atoms with Crippen LogP contribution in [-0.2, 0) is 11.3 Å². The van der Waals surface area contributed by atoms with E-state index in [0.717, 1.165) is 41.2 Å². The lowest BCUT2D eigenvalue weighted by molar-refractivity contribution is 0.0472. The highest BCUT2D eigenvalue weighted by Crippen LogP contribution is 2.27. The van der Waals surface area contributed by atoms with Crippen molar-refractivity contribution in [2.24, 2.45) is 4.99 Å². The van der Waals surface area contributed by atoms with Gasteiger partial charge in [0.25, 0.3) is 0 Å². The molecule has 0 N–H and O–H groups in total. The number of aliphatic imine (C=N–C) groups is 1. The van der Waals surface area contributed by atoms with Gasteiger partial charge in [0.05, 0.1) is 11.3 Å². The summed E-state index contributed by atoms with van der Waals surface area (Å²) in [6.45, 7) is 7.37. The number of aryl methyl sites for hydroxylation is 1. The number of amidine groups is 1. The fraction of sp³-hybridized carbons (Fsp3) is 0.391. The molecule has 0 atom stereocenters. The molecule has 1 saturated heterocycles. The fourth-order valence-corrected chi connectivity index (χ4v) is 3.29. The zero-order valence-corrected chi connectivity index (χ0v) is 16.7. The maximum atomic E-state index is 12.5. The second-order valence-electron chi connectivity index (χ2n) is 7.35. The van der Waals surface area contributed by atoms with E-state index >= 15 is 0 Å². The van der Waals surface area contributed by atoms with Crippen LogP contribution in [0.4, 0.5) is 5.69 Å². The van der Waals surface area contributed by atoms with Gasteiger partial charge < -0.3 is 9.64 Å². The molecule has 1 fully saturated rings. The van der Waals surface area contributed by atoms with Crippen LogP contribution in [0.3, 0.4) is 0 Å². The molecule has 0 amide bonds. The van der Waals surface area contributed by atoms with E-state index < -0.39 is 0 Å². The number of likely N-dealkylation sites (tertiary alicyclic amines) is 1. The number of rotatable bonds is 4. The van der Waals surface area contributed by atoms with Gasteiger partial charge in [0.15, 0.2) is 0 Å². The Morgan fingerprint density at radius 1 is 1.04 bits per heavy atom. The Labute approximate surface area is 161 Å². The fourth-order valence-electron chi connectivity index (χ4n) is 3.29. The maximum absolute atomic E-state index is 12.5. The van der Waals surface area contributed by atoms with E-state index in [2.05, 4.69) is 11.9 Å². The van der Waals surface area contributed by atoms with Gasteiger partial charge in [-0.3, -0.25) is 0 Å². The van der Waals surface area contributed by atoms with Crippen molar-refractivity contribution in [3.05, 3.63) is 64.2 Å². The molecule has 0 bridgehead atoms. The van der Waals surface area contributed by atoms with Crippen LogP contribution in [0.25, 0.3) is 0 Å². The minimum atomic E-state index is -0.287. The molecule has 0 saturated carbocycles. The summed E-state index contributed by atoms with van der Waals surface area (Å²) in [7, 11) is 2.09. The number of hydrogen-bond donors (Lipinski definition) is 0. The quantitative estimate of drug-likeness (QED) is 0.708. The minimum Gasteiger partial charge on any atom is -0.457 e. The predicted octanol–water partition coefficient (Wildman–Crippen LogP) is 5.11. The first-order valence-electron chi connectivity index (χ1n) is 9.57. The Hall–Kier alpha value is -2.62. The number of benzene rings is 2. The van der Waals surface area contributed by atoms with Gasteiger partial charge in [-0.15, -0.1) is 0 Å². The van der Waals surface area contributed by atoms with Crippen LogP contribution < -0.4 is 0 Å². The van der Waals surface area contributed by atoms with Crippen molar-refractivity contribution in [3.8, 4) is 0 Å². The first-order valence-corrected chi connectivity index (χ1v) is 9.57. The molecule has 0 aliphatic carbocycles. The van der Waals surface area contributed by atoms with Crippen LogP contribution in [-0.4, -0.2) is 30.3 Å². The van der Waals surface area contributed by atoms with Gasteiger partial charge in [-0.05, 0) is 62.4 Å². The van der Waals surface area contributed by atoms with Gasteiger partial charge in [0, 0.05) is 20.0 Å². The lowest BCUT2D eigenvalue weighted by Gasteiger charge is -2.26. The SMILES string of the molecule is Cc1ccc(COC(=O)c2ccc(N=C3CCCCN3C)c(C)c2C)cc1. The summed E-state index contributed by atoms with van der Waals surface area (Å²) >= 11 is 0. The molecular weight excluding hydrogens is 336 g/mol. The van der Waals surface area contributed by atoms with Crippen LogP contribution in [0.15, 0.2) is 41.4 Å². The summed E-state index contributed by atoms with van der Waals surface area (Å²) in [4.78, 5) is 19.6. The molecule has 1 aliphatic rings. The molecule has 2 aromatic carbocycles. The molecule has 4 nitrogen and oxygen atoms in total. The van der Waals surface area contributed by atoms with Crippen LogP contribution in [0.5, 0.6) is 0 Å². The average molecular weight is 364 g/mol. The summed E-state index contributed by atoms with van der Waals surface area (Å²) in [5, 5.41) is 0. The maximum Gasteiger partial charge on any atom is 0.338 e. The number of piperidine rings is 1. The van der Waals surface area contributed by atoms with Crippen LogP contribution in [0, 0.1) is 20.8 Å². The standard InChI is InChI=1S/C23H28N2O2/c1-16-8-10-19(11-9-16)15-27-23(26)20-12-13-21(18(3)17(20)2)24-22-7-5-6-14-25(22)4/h8-13H,5-7,14-15H2,1-4H3. The highest BCUT2D eigenvalue weighted by atomic mass is 16.5. The van der Waals surface area contributed by atoms with Crippen molar-refractivity contribution >= 4 is 17.5 Å². The Bertz CT molecular complexity index is 853. The number of nitrogens with zero attached hydrogens (tertiary/aromatic N) is 2. The average Bonchev–Trinajstić information content (AvgIpc) is 2.66. The molecule has 0 radical (unpaired) electrons. The largest absolute Gasteiger partial charge is 0.457 e. The van der Waals surface area contributed by atoms with Crippen LogP contribution in [0.2, 0.25) is 0 Å². The van der Waals surface area contributed by atoms with Crippen molar-refractivity contribution in [2.75, 3.05) is 13.6 Å². The van der Waals surface area contributed by atoms with E-state index in [1.165, 1.54) is 18.4 Å². The molecule has 0 aromatic heterocycles. The number of esters is 1. The second-order valence-corrected chi connectivity index (χ2v) is 7.35. The second kappa shape index (κ2) is 8.38. The van der Waals surface area contributed by atoms with Gasteiger partial charge in [0.2, 0.25) is 0 Å². The Morgan fingerprint density at radius 2 is 1.78 bits per heavy atom. The zero-order chi connectivity index (χ0) is 19.4. The highest BCUT2D eigenvalue weighted by Gasteiger charge is 2.16. The summed E-state index contributed by atoms with van der Waals surface area (Å²) in [6, 6.07) is 11.8. The highest BCUT2D eigenvalue weighted by molar-refractivity contribution is 5.93. The first-order chi connectivity index (χ1) is 13.0.